The molecule has 1 aromatic heterocycles. The summed E-state index contributed by atoms with van der Waals surface area (Å²) < 4.78 is 0. The summed E-state index contributed by atoms with van der Waals surface area (Å²) in [7, 11) is 0. The highest BCUT2D eigenvalue weighted by molar-refractivity contribution is 5.76. The Kier molecular flexibility index (Phi) is 5.13. The number of hydrogen-bond donors (Lipinski definition) is 2. The summed E-state index contributed by atoms with van der Waals surface area (Å²) in [5, 5.41) is 11.1. The minimum absolute atomic E-state index is 0.0238. The Hall–Kier alpha value is -1.91. The van der Waals surface area contributed by atoms with Crippen molar-refractivity contribution in [2.24, 2.45) is 0 Å². The van der Waals surface area contributed by atoms with Crippen LogP contribution in [0, 0.1) is 6.92 Å². The van der Waals surface area contributed by atoms with E-state index in [2.05, 4.69) is 10.3 Å². The molecule has 0 radical (unpaired) electrons. The molecule has 92 valence electrons. The second kappa shape index (κ2) is 6.62. The third-order valence-corrected chi connectivity index (χ3v) is 2.37. The number of amides is 1. The average Bonchev–Trinajstić information content (AvgIpc) is 2.27. The lowest BCUT2D eigenvalue weighted by atomic mass is 10.2. The van der Waals surface area contributed by atoms with E-state index in [0.717, 1.165) is 11.3 Å². The smallest absolute Gasteiger partial charge is 0.303 e. The first kappa shape index (κ1) is 13.2. The molecule has 5 heteroatoms. The third kappa shape index (κ3) is 5.10. The molecule has 0 unspecified atom stereocenters. The minimum Gasteiger partial charge on any atom is -0.481 e. The van der Waals surface area contributed by atoms with Gasteiger partial charge >= 0.3 is 5.97 Å². The van der Waals surface area contributed by atoms with Gasteiger partial charge in [0, 0.05) is 19.0 Å². The maximum Gasteiger partial charge on any atom is 0.303 e. The van der Waals surface area contributed by atoms with Crippen LogP contribution in [0.1, 0.15) is 30.5 Å². The van der Waals surface area contributed by atoms with E-state index >= 15 is 0 Å². The molecule has 1 heterocycles. The second-order valence-corrected chi connectivity index (χ2v) is 3.79. The van der Waals surface area contributed by atoms with Crippen molar-refractivity contribution in [2.75, 3.05) is 0 Å². The number of pyridine rings is 1. The second-order valence-electron chi connectivity index (χ2n) is 3.79. The number of hydrogen-bond acceptors (Lipinski definition) is 3. The molecule has 0 spiro atoms. The lowest BCUT2D eigenvalue weighted by Gasteiger charge is -2.06. The SMILES string of the molecule is Cc1cccnc1CNC(=O)CCCC(=O)O. The van der Waals surface area contributed by atoms with Crippen molar-refractivity contribution < 1.29 is 14.7 Å². The fourth-order valence-corrected chi connectivity index (χ4v) is 1.37. The van der Waals surface area contributed by atoms with Crippen LogP contribution in [0.3, 0.4) is 0 Å². The zero-order chi connectivity index (χ0) is 12.7. The van der Waals surface area contributed by atoms with Gasteiger partial charge in [-0.05, 0) is 25.0 Å². The summed E-state index contributed by atoms with van der Waals surface area (Å²) in [6, 6.07) is 3.77. The van der Waals surface area contributed by atoms with Crippen molar-refractivity contribution in [2.45, 2.75) is 32.7 Å². The van der Waals surface area contributed by atoms with Gasteiger partial charge in [0.15, 0.2) is 0 Å². The van der Waals surface area contributed by atoms with E-state index in [9.17, 15) is 9.59 Å². The van der Waals surface area contributed by atoms with Crippen LogP contribution >= 0.6 is 0 Å². The first-order chi connectivity index (χ1) is 8.09. The molecule has 0 aliphatic heterocycles. The fraction of sp³-hybridized carbons (Fsp3) is 0.417. The lowest BCUT2D eigenvalue weighted by molar-refractivity contribution is -0.137. The Morgan fingerprint density at radius 1 is 1.41 bits per heavy atom. The first-order valence-corrected chi connectivity index (χ1v) is 5.48. The number of carboxylic acid groups (broad SMARTS) is 1. The maximum atomic E-state index is 11.4. The van der Waals surface area contributed by atoms with Crippen molar-refractivity contribution in [1.82, 2.24) is 10.3 Å². The Labute approximate surface area is 99.9 Å². The van der Waals surface area contributed by atoms with Gasteiger partial charge in [-0.1, -0.05) is 6.07 Å². The van der Waals surface area contributed by atoms with Crippen molar-refractivity contribution >= 4 is 11.9 Å². The van der Waals surface area contributed by atoms with Crippen LogP contribution in [0.5, 0.6) is 0 Å². The van der Waals surface area contributed by atoms with Gasteiger partial charge in [-0.15, -0.1) is 0 Å². The molecule has 0 fully saturated rings. The summed E-state index contributed by atoms with van der Waals surface area (Å²) in [6.07, 6.45) is 2.30. The number of aliphatic carboxylic acids is 1. The Morgan fingerprint density at radius 3 is 2.82 bits per heavy atom. The number of rotatable bonds is 6. The molecule has 1 aromatic rings. The monoisotopic (exact) mass is 236 g/mol. The Bertz CT molecular complexity index is 404. The third-order valence-electron chi connectivity index (χ3n) is 2.37. The number of nitrogens with zero attached hydrogens (tertiary/aromatic N) is 1. The molecule has 0 atom stereocenters. The van der Waals surface area contributed by atoms with Gasteiger partial charge in [0.25, 0.3) is 0 Å². The quantitative estimate of drug-likeness (QED) is 0.779. The number of carbonyl (C=O) groups is 2. The van der Waals surface area contributed by atoms with Crippen LogP contribution in [-0.4, -0.2) is 22.0 Å². The number of carboxylic acids is 1. The average molecular weight is 236 g/mol. The molecule has 0 saturated carbocycles. The van der Waals surface area contributed by atoms with Crippen LogP contribution in [0.2, 0.25) is 0 Å². The predicted octanol–water partition coefficient (Wildman–Crippen LogP) is 1.26. The van der Waals surface area contributed by atoms with Gasteiger partial charge < -0.3 is 10.4 Å². The van der Waals surface area contributed by atoms with E-state index in [1.54, 1.807) is 6.20 Å². The highest BCUT2D eigenvalue weighted by Gasteiger charge is 2.05. The zero-order valence-electron chi connectivity index (χ0n) is 9.77. The van der Waals surface area contributed by atoms with Gasteiger partial charge in [-0.3, -0.25) is 14.6 Å². The minimum atomic E-state index is -0.877. The topological polar surface area (TPSA) is 79.3 Å². The first-order valence-electron chi connectivity index (χ1n) is 5.48. The van der Waals surface area contributed by atoms with Gasteiger partial charge in [-0.25, -0.2) is 0 Å². The van der Waals surface area contributed by atoms with Crippen LogP contribution in [0.15, 0.2) is 18.3 Å². The molecular weight excluding hydrogens is 220 g/mol. The van der Waals surface area contributed by atoms with Crippen molar-refractivity contribution in [3.63, 3.8) is 0 Å². The van der Waals surface area contributed by atoms with Crippen LogP contribution in [-0.2, 0) is 16.1 Å². The van der Waals surface area contributed by atoms with Crippen LogP contribution in [0.4, 0.5) is 0 Å². The van der Waals surface area contributed by atoms with E-state index in [1.165, 1.54) is 0 Å². The number of carbonyl (C=O) groups excluding carboxylic acids is 1. The molecule has 0 bridgehead atoms. The maximum absolute atomic E-state index is 11.4. The zero-order valence-corrected chi connectivity index (χ0v) is 9.77. The van der Waals surface area contributed by atoms with Crippen molar-refractivity contribution in [1.29, 1.82) is 0 Å². The summed E-state index contributed by atoms with van der Waals surface area (Å²) in [4.78, 5) is 25.8. The van der Waals surface area contributed by atoms with Gasteiger partial charge in [0.2, 0.25) is 5.91 Å². The molecule has 0 aliphatic carbocycles. The molecule has 5 nitrogen and oxygen atoms in total. The molecule has 0 saturated heterocycles. The highest BCUT2D eigenvalue weighted by atomic mass is 16.4. The fourth-order valence-electron chi connectivity index (χ4n) is 1.37. The molecule has 1 rings (SSSR count). The molecule has 1 amide bonds. The number of nitrogens with one attached hydrogen (secondary N) is 1. The lowest BCUT2D eigenvalue weighted by Crippen LogP contribution is -2.23. The van der Waals surface area contributed by atoms with Gasteiger partial charge in [0.05, 0.1) is 12.2 Å². The predicted molar refractivity (Wildman–Crippen MR) is 62.3 cm³/mol. The Morgan fingerprint density at radius 2 is 2.18 bits per heavy atom. The van der Waals surface area contributed by atoms with Crippen molar-refractivity contribution in [3.8, 4) is 0 Å². The van der Waals surface area contributed by atoms with E-state index in [1.807, 2.05) is 19.1 Å². The summed E-state index contributed by atoms with van der Waals surface area (Å²) in [5.41, 5.74) is 1.86. The molecule has 17 heavy (non-hydrogen) atoms. The normalized spacial score (nSPS) is 9.94. The molecule has 2 N–H and O–H groups in total. The van der Waals surface area contributed by atoms with Gasteiger partial charge in [-0.2, -0.15) is 0 Å². The largest absolute Gasteiger partial charge is 0.481 e. The summed E-state index contributed by atoms with van der Waals surface area (Å²) in [5.74, 6) is -1.02. The standard InChI is InChI=1S/C12H16N2O3/c1-9-4-3-7-13-10(9)8-14-11(15)5-2-6-12(16)17/h3-4,7H,2,5-6,8H2,1H3,(H,14,15)(H,16,17). The Balaban J connectivity index is 2.29. The van der Waals surface area contributed by atoms with E-state index in [4.69, 9.17) is 5.11 Å². The van der Waals surface area contributed by atoms with E-state index in [0.29, 0.717) is 13.0 Å². The number of aryl methyl sites for hydroxylation is 1. The summed E-state index contributed by atoms with van der Waals surface area (Å²) in [6.45, 7) is 2.32. The van der Waals surface area contributed by atoms with Crippen LogP contribution in [0.25, 0.3) is 0 Å². The van der Waals surface area contributed by atoms with E-state index in [-0.39, 0.29) is 18.7 Å². The van der Waals surface area contributed by atoms with E-state index < -0.39 is 5.97 Å². The van der Waals surface area contributed by atoms with Crippen LogP contribution < -0.4 is 5.32 Å². The highest BCUT2D eigenvalue weighted by Crippen LogP contribution is 2.02. The van der Waals surface area contributed by atoms with Gasteiger partial charge in [0.1, 0.15) is 0 Å². The van der Waals surface area contributed by atoms with Crippen molar-refractivity contribution in [3.05, 3.63) is 29.6 Å². The molecule has 0 aliphatic rings. The summed E-state index contributed by atoms with van der Waals surface area (Å²) >= 11 is 0. The molecular formula is C12H16N2O3. The number of aromatic nitrogens is 1. The molecule has 0 aromatic carbocycles.